The van der Waals surface area contributed by atoms with Gasteiger partial charge in [-0.1, -0.05) is 18.2 Å². The first-order valence-corrected chi connectivity index (χ1v) is 9.64. The van der Waals surface area contributed by atoms with Crippen LogP contribution in [0, 0.1) is 13.8 Å². The Kier molecular flexibility index (Phi) is 4.71. The largest absolute Gasteiger partial charge is 0.376 e. The number of rotatable bonds is 2. The lowest BCUT2D eigenvalue weighted by Gasteiger charge is -2.35. The third-order valence-electron chi connectivity index (χ3n) is 5.76. The van der Waals surface area contributed by atoms with E-state index in [0.717, 1.165) is 34.6 Å². The minimum absolute atomic E-state index is 0.0723. The van der Waals surface area contributed by atoms with Crippen LogP contribution in [0.2, 0.25) is 0 Å². The number of benzene rings is 1. The van der Waals surface area contributed by atoms with Crippen molar-refractivity contribution in [3.8, 4) is 0 Å². The first kappa shape index (κ1) is 18.7. The van der Waals surface area contributed by atoms with E-state index in [1.165, 1.54) is 0 Å². The number of carbonyl (C=O) groups excluding carboxylic acids is 1. The maximum absolute atomic E-state index is 12.9. The number of carbonyl (C=O) groups is 1. The fourth-order valence-corrected chi connectivity index (χ4v) is 4.07. The summed E-state index contributed by atoms with van der Waals surface area (Å²) in [5.74, 6) is 0.709. The van der Waals surface area contributed by atoms with Crippen LogP contribution in [0.4, 0.5) is 16.4 Å². The summed E-state index contributed by atoms with van der Waals surface area (Å²) in [6, 6.07) is 7.75. The average Bonchev–Trinajstić information content (AvgIpc) is 3.09. The van der Waals surface area contributed by atoms with Crippen molar-refractivity contribution in [2.45, 2.75) is 32.3 Å². The number of amides is 2. The van der Waals surface area contributed by atoms with E-state index in [4.69, 9.17) is 9.72 Å². The summed E-state index contributed by atoms with van der Waals surface area (Å²) in [5.41, 5.74) is 4.70. The quantitative estimate of drug-likeness (QED) is 0.866. The number of hydrogen-bond acceptors (Lipinski definition) is 5. The number of anilines is 2. The van der Waals surface area contributed by atoms with Crippen LogP contribution in [-0.2, 0) is 16.8 Å². The summed E-state index contributed by atoms with van der Waals surface area (Å²) in [6.07, 6.45) is 0.838. The molecule has 0 unspecified atom stereocenters. The van der Waals surface area contributed by atoms with Crippen LogP contribution >= 0.6 is 0 Å². The third kappa shape index (κ3) is 3.20. The Morgan fingerprint density at radius 1 is 1.25 bits per heavy atom. The van der Waals surface area contributed by atoms with Crippen molar-refractivity contribution in [1.29, 1.82) is 0 Å². The minimum atomic E-state index is -0.269. The van der Waals surface area contributed by atoms with Crippen LogP contribution < -0.4 is 10.2 Å². The molecule has 3 heterocycles. The van der Waals surface area contributed by atoms with Crippen LogP contribution in [-0.4, -0.2) is 54.7 Å². The van der Waals surface area contributed by atoms with Crippen molar-refractivity contribution >= 4 is 17.7 Å². The van der Waals surface area contributed by atoms with E-state index in [-0.39, 0.29) is 11.4 Å². The molecule has 28 heavy (non-hydrogen) atoms. The Morgan fingerprint density at radius 3 is 2.79 bits per heavy atom. The van der Waals surface area contributed by atoms with Gasteiger partial charge < -0.3 is 19.9 Å². The third-order valence-corrected chi connectivity index (χ3v) is 5.76. The number of likely N-dealkylation sites (tertiary alicyclic amines) is 1. The van der Waals surface area contributed by atoms with Crippen molar-refractivity contribution in [3.63, 3.8) is 0 Å². The van der Waals surface area contributed by atoms with Crippen molar-refractivity contribution in [1.82, 2.24) is 14.9 Å². The summed E-state index contributed by atoms with van der Waals surface area (Å²) < 4.78 is 5.93. The van der Waals surface area contributed by atoms with Gasteiger partial charge in [-0.25, -0.2) is 14.8 Å². The molecule has 0 saturated carbocycles. The Balaban J connectivity index is 1.60. The van der Waals surface area contributed by atoms with E-state index in [1.807, 2.05) is 62.0 Å². The summed E-state index contributed by atoms with van der Waals surface area (Å²) in [4.78, 5) is 26.2. The van der Waals surface area contributed by atoms with Gasteiger partial charge in [0, 0.05) is 44.1 Å². The molecule has 7 heteroatoms. The van der Waals surface area contributed by atoms with Gasteiger partial charge in [-0.05, 0) is 31.9 Å². The first-order valence-electron chi connectivity index (χ1n) is 9.64. The lowest BCUT2D eigenvalue weighted by Crippen LogP contribution is -2.43. The molecule has 4 rings (SSSR count). The molecule has 0 aliphatic carbocycles. The zero-order chi connectivity index (χ0) is 19.9. The number of para-hydroxylation sites is 1. The van der Waals surface area contributed by atoms with Crippen molar-refractivity contribution < 1.29 is 9.53 Å². The normalized spacial score (nSPS) is 20.9. The molecule has 1 spiro atoms. The molecule has 148 valence electrons. The zero-order valence-corrected chi connectivity index (χ0v) is 17.0. The standard InChI is InChI=1S/C21H27N5O2/c1-14-7-5-6-8-17(14)23-20(27)26-10-9-21(12-26)13-28-11-16-15(2)22-19(25(3)4)24-18(16)21/h5-8H,9-13H2,1-4H3,(H,23,27)/t21-/m1/s1. The maximum Gasteiger partial charge on any atom is 0.321 e. The molecule has 1 aromatic carbocycles. The van der Waals surface area contributed by atoms with E-state index in [0.29, 0.717) is 32.3 Å². The highest BCUT2D eigenvalue weighted by atomic mass is 16.5. The van der Waals surface area contributed by atoms with Crippen molar-refractivity contribution in [2.24, 2.45) is 0 Å². The summed E-state index contributed by atoms with van der Waals surface area (Å²) >= 11 is 0. The lowest BCUT2D eigenvalue weighted by atomic mass is 9.80. The van der Waals surface area contributed by atoms with E-state index in [1.54, 1.807) is 0 Å². The van der Waals surface area contributed by atoms with Crippen molar-refractivity contribution in [3.05, 3.63) is 46.8 Å². The predicted octanol–water partition coefficient (Wildman–Crippen LogP) is 2.87. The topological polar surface area (TPSA) is 70.6 Å². The Bertz CT molecular complexity index is 914. The first-order chi connectivity index (χ1) is 13.4. The number of ether oxygens (including phenoxy) is 1. The molecular weight excluding hydrogens is 354 g/mol. The van der Waals surface area contributed by atoms with E-state index < -0.39 is 0 Å². The SMILES string of the molecule is Cc1ccccc1NC(=O)N1CC[C@]2(COCc3c(C)nc(N(C)C)nc32)C1. The number of nitrogens with zero attached hydrogens (tertiary/aromatic N) is 4. The van der Waals surface area contributed by atoms with E-state index >= 15 is 0 Å². The van der Waals surface area contributed by atoms with Crippen LogP contribution in [0.3, 0.4) is 0 Å². The zero-order valence-electron chi connectivity index (χ0n) is 17.0. The summed E-state index contributed by atoms with van der Waals surface area (Å²) in [5, 5.41) is 3.04. The van der Waals surface area contributed by atoms with Gasteiger partial charge in [-0.15, -0.1) is 0 Å². The number of aromatic nitrogens is 2. The van der Waals surface area contributed by atoms with Crippen LogP contribution in [0.1, 0.15) is 28.9 Å². The molecule has 0 radical (unpaired) electrons. The monoisotopic (exact) mass is 381 g/mol. The minimum Gasteiger partial charge on any atom is -0.376 e. The molecule has 1 fully saturated rings. The predicted molar refractivity (Wildman–Crippen MR) is 109 cm³/mol. The van der Waals surface area contributed by atoms with Gasteiger partial charge in [0.1, 0.15) is 0 Å². The molecule has 0 bridgehead atoms. The summed E-state index contributed by atoms with van der Waals surface area (Å²) in [6.45, 7) is 6.40. The second-order valence-electron chi connectivity index (χ2n) is 8.02. The van der Waals surface area contributed by atoms with Crippen LogP contribution in [0.15, 0.2) is 24.3 Å². The number of nitrogens with one attached hydrogen (secondary N) is 1. The van der Waals surface area contributed by atoms with Crippen LogP contribution in [0.25, 0.3) is 0 Å². The summed E-state index contributed by atoms with van der Waals surface area (Å²) in [7, 11) is 3.90. The van der Waals surface area contributed by atoms with Gasteiger partial charge in [0.05, 0.1) is 24.3 Å². The Labute approximate surface area is 165 Å². The Hall–Kier alpha value is -2.67. The highest BCUT2D eigenvalue weighted by molar-refractivity contribution is 5.90. The van der Waals surface area contributed by atoms with E-state index in [2.05, 4.69) is 10.3 Å². The highest BCUT2D eigenvalue weighted by Crippen LogP contribution is 2.40. The number of aryl methyl sites for hydroxylation is 2. The number of urea groups is 1. The van der Waals surface area contributed by atoms with Gasteiger partial charge in [-0.3, -0.25) is 0 Å². The second kappa shape index (κ2) is 7.05. The van der Waals surface area contributed by atoms with Crippen molar-refractivity contribution in [2.75, 3.05) is 44.0 Å². The number of fused-ring (bicyclic) bond motifs is 2. The van der Waals surface area contributed by atoms with Gasteiger partial charge in [0.2, 0.25) is 5.95 Å². The molecule has 7 nitrogen and oxygen atoms in total. The van der Waals surface area contributed by atoms with Gasteiger partial charge >= 0.3 is 6.03 Å². The van der Waals surface area contributed by atoms with E-state index in [9.17, 15) is 4.79 Å². The molecule has 1 aromatic heterocycles. The molecule has 1 saturated heterocycles. The smallest absolute Gasteiger partial charge is 0.321 e. The van der Waals surface area contributed by atoms with Gasteiger partial charge in [0.25, 0.3) is 0 Å². The molecule has 2 aliphatic heterocycles. The van der Waals surface area contributed by atoms with Crippen LogP contribution in [0.5, 0.6) is 0 Å². The maximum atomic E-state index is 12.9. The molecule has 1 N–H and O–H groups in total. The molecule has 2 aromatic rings. The molecule has 1 atom stereocenters. The fourth-order valence-electron chi connectivity index (χ4n) is 4.07. The van der Waals surface area contributed by atoms with Gasteiger partial charge in [0.15, 0.2) is 0 Å². The molecular formula is C21H27N5O2. The second-order valence-corrected chi connectivity index (χ2v) is 8.02. The van der Waals surface area contributed by atoms with Gasteiger partial charge in [-0.2, -0.15) is 0 Å². The average molecular weight is 381 g/mol. The highest BCUT2D eigenvalue weighted by Gasteiger charge is 2.46. The Morgan fingerprint density at radius 2 is 2.04 bits per heavy atom. The molecule has 2 amide bonds. The number of hydrogen-bond donors (Lipinski definition) is 1. The fraction of sp³-hybridized carbons (Fsp3) is 0.476. The lowest BCUT2D eigenvalue weighted by molar-refractivity contribution is 0.0516. The molecule has 2 aliphatic rings.